The Morgan fingerprint density at radius 3 is 2.60 bits per heavy atom. The molecule has 0 amide bonds. The van der Waals surface area contributed by atoms with Gasteiger partial charge in [0.1, 0.15) is 17.4 Å². The average molecular weight is 286 g/mol. The highest BCUT2D eigenvalue weighted by molar-refractivity contribution is 7.99. The zero-order valence-corrected chi connectivity index (χ0v) is 12.1. The molecule has 1 aromatic heterocycles. The maximum absolute atomic E-state index is 11.9. The molecule has 0 atom stereocenters. The van der Waals surface area contributed by atoms with Crippen LogP contribution in [0, 0.1) is 11.3 Å². The van der Waals surface area contributed by atoms with Crippen molar-refractivity contribution in [3.05, 3.63) is 46.2 Å². The third-order valence-electron chi connectivity index (χ3n) is 2.82. The van der Waals surface area contributed by atoms with E-state index in [0.717, 1.165) is 22.1 Å². The smallest absolute Gasteiger partial charge is 0.267 e. The molecule has 0 saturated carbocycles. The van der Waals surface area contributed by atoms with Gasteiger partial charge in [-0.1, -0.05) is 19.1 Å². The fourth-order valence-corrected chi connectivity index (χ4v) is 2.56. The van der Waals surface area contributed by atoms with Gasteiger partial charge in [-0.05, 0) is 29.5 Å². The van der Waals surface area contributed by atoms with Gasteiger partial charge in [0.15, 0.2) is 0 Å². The number of aromatic amines is 1. The van der Waals surface area contributed by atoms with Crippen LogP contribution in [-0.4, -0.2) is 17.8 Å². The van der Waals surface area contributed by atoms with Crippen LogP contribution in [0.15, 0.2) is 40.2 Å². The lowest BCUT2D eigenvalue weighted by atomic mass is 10.0. The lowest BCUT2D eigenvalue weighted by Crippen LogP contribution is -2.12. The Bertz CT molecular complexity index is 699. The van der Waals surface area contributed by atoms with Crippen LogP contribution in [0.5, 0.6) is 5.75 Å². The Hall–Kier alpha value is -2.19. The summed E-state index contributed by atoms with van der Waals surface area (Å²) in [6.45, 7) is 2.01. The molecule has 2 rings (SSSR count). The van der Waals surface area contributed by atoms with Crippen LogP contribution >= 0.6 is 11.8 Å². The maximum atomic E-state index is 11.9. The monoisotopic (exact) mass is 286 g/mol. The SMILES string of the molecule is CCSc1cc(-c2ccc(OC)cc2)c(C#N)c(=O)[nH]1. The van der Waals surface area contributed by atoms with E-state index in [9.17, 15) is 10.1 Å². The third-order valence-corrected chi connectivity index (χ3v) is 3.64. The molecule has 0 fully saturated rings. The van der Waals surface area contributed by atoms with Crippen molar-refractivity contribution in [1.29, 1.82) is 5.26 Å². The van der Waals surface area contributed by atoms with E-state index in [1.807, 2.05) is 43.3 Å². The second kappa shape index (κ2) is 6.31. The molecule has 0 spiro atoms. The van der Waals surface area contributed by atoms with Crippen LogP contribution in [0.25, 0.3) is 11.1 Å². The fourth-order valence-electron chi connectivity index (χ4n) is 1.88. The average Bonchev–Trinajstić information content (AvgIpc) is 2.47. The summed E-state index contributed by atoms with van der Waals surface area (Å²) in [5.74, 6) is 1.59. The number of benzene rings is 1. The number of aromatic nitrogens is 1. The molecule has 102 valence electrons. The number of hydrogen-bond donors (Lipinski definition) is 1. The van der Waals surface area contributed by atoms with Gasteiger partial charge in [-0.3, -0.25) is 4.79 Å². The quantitative estimate of drug-likeness (QED) is 0.877. The van der Waals surface area contributed by atoms with E-state index >= 15 is 0 Å². The molecular weight excluding hydrogens is 272 g/mol. The van der Waals surface area contributed by atoms with E-state index in [-0.39, 0.29) is 11.1 Å². The summed E-state index contributed by atoms with van der Waals surface area (Å²) in [7, 11) is 1.60. The van der Waals surface area contributed by atoms with Gasteiger partial charge in [0.05, 0.1) is 12.1 Å². The molecule has 0 saturated heterocycles. The molecule has 0 aliphatic heterocycles. The van der Waals surface area contributed by atoms with E-state index < -0.39 is 0 Å². The molecule has 0 radical (unpaired) electrons. The van der Waals surface area contributed by atoms with E-state index in [4.69, 9.17) is 4.74 Å². The lowest BCUT2D eigenvalue weighted by Gasteiger charge is -2.07. The number of ether oxygens (including phenoxy) is 1. The van der Waals surface area contributed by atoms with Crippen LogP contribution in [0.3, 0.4) is 0 Å². The van der Waals surface area contributed by atoms with Crippen LogP contribution < -0.4 is 10.3 Å². The number of H-pyrrole nitrogens is 1. The largest absolute Gasteiger partial charge is 0.497 e. The van der Waals surface area contributed by atoms with Gasteiger partial charge in [-0.2, -0.15) is 5.26 Å². The first-order valence-electron chi connectivity index (χ1n) is 6.14. The van der Waals surface area contributed by atoms with Crippen molar-refractivity contribution in [2.45, 2.75) is 11.9 Å². The van der Waals surface area contributed by atoms with Crippen molar-refractivity contribution in [3.63, 3.8) is 0 Å². The summed E-state index contributed by atoms with van der Waals surface area (Å²) >= 11 is 1.54. The van der Waals surface area contributed by atoms with E-state index in [0.29, 0.717) is 5.56 Å². The molecular formula is C15H14N2O2S. The number of thioether (sulfide) groups is 1. The van der Waals surface area contributed by atoms with Crippen LogP contribution in [0.2, 0.25) is 0 Å². The Balaban J connectivity index is 2.58. The first-order valence-corrected chi connectivity index (χ1v) is 7.12. The number of pyridine rings is 1. The summed E-state index contributed by atoms with van der Waals surface area (Å²) < 4.78 is 5.11. The van der Waals surface area contributed by atoms with Gasteiger partial charge in [0, 0.05) is 5.56 Å². The van der Waals surface area contributed by atoms with Crippen LogP contribution in [0.1, 0.15) is 12.5 Å². The van der Waals surface area contributed by atoms with Gasteiger partial charge in [0.25, 0.3) is 5.56 Å². The third kappa shape index (κ3) is 2.86. The van der Waals surface area contributed by atoms with Crippen molar-refractivity contribution < 1.29 is 4.74 Å². The number of methoxy groups -OCH3 is 1. The summed E-state index contributed by atoms with van der Waals surface area (Å²) in [6, 6.07) is 11.1. The van der Waals surface area contributed by atoms with E-state index in [2.05, 4.69) is 4.98 Å². The zero-order valence-electron chi connectivity index (χ0n) is 11.3. The second-order valence-corrected chi connectivity index (χ2v) is 5.33. The zero-order chi connectivity index (χ0) is 14.5. The standard InChI is InChI=1S/C15H14N2O2S/c1-3-20-14-8-12(13(9-16)15(18)17-14)10-4-6-11(19-2)7-5-10/h4-8H,3H2,1-2H3,(H,17,18). The topological polar surface area (TPSA) is 65.9 Å². The number of nitriles is 1. The highest BCUT2D eigenvalue weighted by atomic mass is 32.2. The Labute approximate surface area is 121 Å². The minimum atomic E-state index is -0.350. The Morgan fingerprint density at radius 2 is 2.05 bits per heavy atom. The summed E-state index contributed by atoms with van der Waals surface area (Å²) in [5, 5.41) is 9.95. The second-order valence-electron chi connectivity index (χ2n) is 4.02. The summed E-state index contributed by atoms with van der Waals surface area (Å²) in [4.78, 5) is 14.7. The van der Waals surface area contributed by atoms with Crippen molar-refractivity contribution in [3.8, 4) is 22.9 Å². The van der Waals surface area contributed by atoms with Crippen molar-refractivity contribution in [2.75, 3.05) is 12.9 Å². The maximum Gasteiger partial charge on any atom is 0.267 e. The highest BCUT2D eigenvalue weighted by Gasteiger charge is 2.11. The van der Waals surface area contributed by atoms with Gasteiger partial charge in [-0.15, -0.1) is 11.8 Å². The normalized spacial score (nSPS) is 10.1. The molecule has 0 aliphatic rings. The highest BCUT2D eigenvalue weighted by Crippen LogP contribution is 2.27. The predicted octanol–water partition coefficient (Wildman–Crippen LogP) is 3.03. The first kappa shape index (κ1) is 14.2. The molecule has 1 heterocycles. The number of nitrogens with one attached hydrogen (secondary N) is 1. The van der Waals surface area contributed by atoms with Gasteiger partial charge < -0.3 is 9.72 Å². The van der Waals surface area contributed by atoms with Crippen molar-refractivity contribution in [2.24, 2.45) is 0 Å². The minimum Gasteiger partial charge on any atom is -0.497 e. The molecule has 1 aromatic carbocycles. The van der Waals surface area contributed by atoms with E-state index in [1.54, 1.807) is 7.11 Å². The van der Waals surface area contributed by atoms with Gasteiger partial charge >= 0.3 is 0 Å². The number of rotatable bonds is 4. The molecule has 5 heteroatoms. The molecule has 4 nitrogen and oxygen atoms in total. The summed E-state index contributed by atoms with van der Waals surface area (Å²) in [6.07, 6.45) is 0. The van der Waals surface area contributed by atoms with Crippen LogP contribution in [0.4, 0.5) is 0 Å². The Morgan fingerprint density at radius 1 is 1.35 bits per heavy atom. The van der Waals surface area contributed by atoms with Crippen molar-refractivity contribution >= 4 is 11.8 Å². The minimum absolute atomic E-state index is 0.135. The molecule has 0 unspecified atom stereocenters. The number of nitrogens with zero attached hydrogens (tertiary/aromatic N) is 1. The molecule has 2 aromatic rings. The first-order chi connectivity index (χ1) is 9.69. The lowest BCUT2D eigenvalue weighted by molar-refractivity contribution is 0.415. The molecule has 0 bridgehead atoms. The molecule has 1 N–H and O–H groups in total. The van der Waals surface area contributed by atoms with Crippen LogP contribution in [-0.2, 0) is 0 Å². The number of hydrogen-bond acceptors (Lipinski definition) is 4. The molecule has 0 aliphatic carbocycles. The van der Waals surface area contributed by atoms with Crippen molar-refractivity contribution in [1.82, 2.24) is 4.98 Å². The Kier molecular flexibility index (Phi) is 4.49. The fraction of sp³-hybridized carbons (Fsp3) is 0.200. The summed E-state index contributed by atoms with van der Waals surface area (Å²) in [5.41, 5.74) is 1.26. The molecule has 20 heavy (non-hydrogen) atoms. The van der Waals surface area contributed by atoms with Gasteiger partial charge in [0.2, 0.25) is 0 Å². The van der Waals surface area contributed by atoms with E-state index in [1.165, 1.54) is 11.8 Å². The van der Waals surface area contributed by atoms with Gasteiger partial charge in [-0.25, -0.2) is 0 Å². The predicted molar refractivity (Wildman–Crippen MR) is 80.2 cm³/mol.